The molecule has 0 aromatic heterocycles. The Morgan fingerprint density at radius 1 is 1.15 bits per heavy atom. The summed E-state index contributed by atoms with van der Waals surface area (Å²) in [5.41, 5.74) is 0.950. The summed E-state index contributed by atoms with van der Waals surface area (Å²) in [6.07, 6.45) is 0. The minimum atomic E-state index is -0.990. The Labute approximate surface area is 116 Å². The molecule has 0 saturated carbocycles. The lowest BCUT2D eigenvalue weighted by atomic mass is 10.1. The monoisotopic (exact) mass is 277 g/mol. The lowest BCUT2D eigenvalue weighted by Crippen LogP contribution is -2.45. The summed E-state index contributed by atoms with van der Waals surface area (Å²) in [7, 11) is 2.50. The van der Waals surface area contributed by atoms with Crippen LogP contribution in [0.4, 0.5) is 0 Å². The van der Waals surface area contributed by atoms with E-state index in [1.165, 1.54) is 19.2 Å². The first-order valence-corrected chi connectivity index (χ1v) is 6.04. The molecule has 7 heteroatoms. The van der Waals surface area contributed by atoms with Gasteiger partial charge in [-0.3, -0.25) is 5.01 Å². The van der Waals surface area contributed by atoms with Gasteiger partial charge in [0.1, 0.15) is 0 Å². The molecule has 0 fully saturated rings. The summed E-state index contributed by atoms with van der Waals surface area (Å²) >= 11 is 0. The van der Waals surface area contributed by atoms with Crippen molar-refractivity contribution < 1.29 is 19.1 Å². The average Bonchev–Trinajstić information content (AvgIpc) is 2.90. The third-order valence-electron chi connectivity index (χ3n) is 2.98. The zero-order chi connectivity index (χ0) is 14.5. The normalized spacial score (nSPS) is 20.8. The second kappa shape index (κ2) is 6.14. The fourth-order valence-electron chi connectivity index (χ4n) is 1.97. The van der Waals surface area contributed by atoms with E-state index in [2.05, 4.69) is 15.1 Å². The summed E-state index contributed by atoms with van der Waals surface area (Å²) in [6.45, 7) is 0.359. The van der Waals surface area contributed by atoms with E-state index < -0.39 is 24.0 Å². The molecule has 7 nitrogen and oxygen atoms in total. The highest BCUT2D eigenvalue weighted by Crippen LogP contribution is 2.22. The van der Waals surface area contributed by atoms with Crippen molar-refractivity contribution in [1.29, 1.82) is 0 Å². The number of nitrogens with zero attached hydrogens (tertiary/aromatic N) is 3. The number of benzene rings is 1. The highest BCUT2D eigenvalue weighted by Gasteiger charge is 2.44. The van der Waals surface area contributed by atoms with E-state index in [-0.39, 0.29) is 0 Å². The van der Waals surface area contributed by atoms with E-state index in [1.54, 1.807) is 0 Å². The van der Waals surface area contributed by atoms with Gasteiger partial charge in [0.2, 0.25) is 6.04 Å². The van der Waals surface area contributed by atoms with Crippen LogP contribution in [0.5, 0.6) is 0 Å². The molecule has 0 aliphatic carbocycles. The molecule has 0 radical (unpaired) electrons. The van der Waals surface area contributed by atoms with Gasteiger partial charge in [0.05, 0.1) is 20.8 Å². The Bertz CT molecular complexity index is 518. The Hall–Kier alpha value is -2.44. The van der Waals surface area contributed by atoms with Gasteiger partial charge >= 0.3 is 11.9 Å². The van der Waals surface area contributed by atoms with Gasteiger partial charge in [-0.25, -0.2) is 9.59 Å². The highest BCUT2D eigenvalue weighted by molar-refractivity contribution is 5.87. The third kappa shape index (κ3) is 2.76. The molecule has 0 bridgehead atoms. The molecule has 1 aromatic carbocycles. The van der Waals surface area contributed by atoms with Crippen LogP contribution in [0.25, 0.3) is 0 Å². The van der Waals surface area contributed by atoms with E-state index >= 15 is 0 Å². The van der Waals surface area contributed by atoms with Crippen molar-refractivity contribution in [3.63, 3.8) is 0 Å². The van der Waals surface area contributed by atoms with Crippen molar-refractivity contribution >= 4 is 11.9 Å². The first-order valence-electron chi connectivity index (χ1n) is 6.04. The zero-order valence-electron chi connectivity index (χ0n) is 11.2. The first-order chi connectivity index (χ1) is 9.67. The summed E-state index contributed by atoms with van der Waals surface area (Å²) in [5.74, 6) is -1.18. The molecule has 0 unspecified atom stereocenters. The van der Waals surface area contributed by atoms with Gasteiger partial charge in [0, 0.05) is 0 Å². The van der Waals surface area contributed by atoms with Gasteiger partial charge in [-0.15, -0.1) is 0 Å². The largest absolute Gasteiger partial charge is 0.467 e. The molecule has 0 spiro atoms. The predicted octanol–water partition coefficient (Wildman–Crippen LogP) is 0.953. The molecule has 1 aromatic rings. The maximum atomic E-state index is 11.9. The average molecular weight is 277 g/mol. The summed E-state index contributed by atoms with van der Waals surface area (Å²) in [6, 6.07) is 7.57. The van der Waals surface area contributed by atoms with Crippen LogP contribution in [0.2, 0.25) is 0 Å². The van der Waals surface area contributed by atoms with E-state index in [4.69, 9.17) is 4.74 Å². The van der Waals surface area contributed by atoms with Crippen molar-refractivity contribution in [2.24, 2.45) is 10.3 Å². The number of esters is 2. The Balaban J connectivity index is 2.18. The van der Waals surface area contributed by atoms with Crippen LogP contribution in [0.1, 0.15) is 5.56 Å². The molecule has 1 aliphatic rings. The van der Waals surface area contributed by atoms with Crippen molar-refractivity contribution in [2.75, 3.05) is 14.2 Å². The molecule has 1 aliphatic heterocycles. The molecule has 0 amide bonds. The second-order valence-corrected chi connectivity index (χ2v) is 4.22. The van der Waals surface area contributed by atoms with Crippen molar-refractivity contribution in [1.82, 2.24) is 5.01 Å². The van der Waals surface area contributed by atoms with E-state index in [9.17, 15) is 9.59 Å². The topological polar surface area (TPSA) is 80.6 Å². The summed E-state index contributed by atoms with van der Waals surface area (Å²) in [4.78, 5) is 23.5. The van der Waals surface area contributed by atoms with Crippen molar-refractivity contribution in [2.45, 2.75) is 18.6 Å². The van der Waals surface area contributed by atoms with Gasteiger partial charge in [-0.05, 0) is 5.56 Å². The van der Waals surface area contributed by atoms with Gasteiger partial charge < -0.3 is 9.47 Å². The molecule has 2 rings (SSSR count). The standard InChI is InChI=1S/C13H15N3O4/c1-19-12(17)10-11(13(18)20-2)16(15-14-10)8-9-6-4-3-5-7-9/h3-7,10-11H,8H2,1-2H3/t10-,11-/m1/s1. The molecule has 2 atom stereocenters. The van der Waals surface area contributed by atoms with Crippen LogP contribution in [-0.4, -0.2) is 43.3 Å². The number of methoxy groups -OCH3 is 2. The third-order valence-corrected chi connectivity index (χ3v) is 2.98. The van der Waals surface area contributed by atoms with Crippen LogP contribution < -0.4 is 0 Å². The minimum Gasteiger partial charge on any atom is -0.467 e. The Morgan fingerprint density at radius 2 is 1.80 bits per heavy atom. The van der Waals surface area contributed by atoms with Gasteiger partial charge in [-0.2, -0.15) is 5.11 Å². The molecule has 0 saturated heterocycles. The molecular weight excluding hydrogens is 262 g/mol. The van der Waals surface area contributed by atoms with Crippen LogP contribution in [0.15, 0.2) is 40.7 Å². The first kappa shape index (κ1) is 14.0. The Kier molecular flexibility index (Phi) is 4.29. The quantitative estimate of drug-likeness (QED) is 0.765. The van der Waals surface area contributed by atoms with E-state index in [1.807, 2.05) is 30.3 Å². The number of carbonyl (C=O) groups excluding carboxylic acids is 2. The number of rotatable bonds is 4. The van der Waals surface area contributed by atoms with Crippen LogP contribution in [0, 0.1) is 0 Å². The molecular formula is C13H15N3O4. The summed E-state index contributed by atoms with van der Waals surface area (Å²) < 4.78 is 9.35. The summed E-state index contributed by atoms with van der Waals surface area (Å²) in [5, 5.41) is 9.13. The molecule has 106 valence electrons. The number of ether oxygens (including phenoxy) is 2. The predicted molar refractivity (Wildman–Crippen MR) is 68.4 cm³/mol. The van der Waals surface area contributed by atoms with E-state index in [0.717, 1.165) is 5.56 Å². The number of hydrogen-bond donors (Lipinski definition) is 0. The highest BCUT2D eigenvalue weighted by atomic mass is 16.5. The van der Waals surface area contributed by atoms with E-state index in [0.29, 0.717) is 6.54 Å². The van der Waals surface area contributed by atoms with Gasteiger partial charge in [-0.1, -0.05) is 35.6 Å². The second-order valence-electron chi connectivity index (χ2n) is 4.22. The lowest BCUT2D eigenvalue weighted by Gasteiger charge is -2.22. The fraction of sp³-hybridized carbons (Fsp3) is 0.385. The van der Waals surface area contributed by atoms with Gasteiger partial charge in [0.25, 0.3) is 0 Å². The van der Waals surface area contributed by atoms with Crippen LogP contribution >= 0.6 is 0 Å². The smallest absolute Gasteiger partial charge is 0.335 e. The molecule has 1 heterocycles. The zero-order valence-corrected chi connectivity index (χ0v) is 11.2. The van der Waals surface area contributed by atoms with Gasteiger partial charge in [0.15, 0.2) is 6.04 Å². The van der Waals surface area contributed by atoms with Crippen molar-refractivity contribution in [3.05, 3.63) is 35.9 Å². The van der Waals surface area contributed by atoms with Crippen LogP contribution in [-0.2, 0) is 25.6 Å². The lowest BCUT2D eigenvalue weighted by molar-refractivity contribution is -0.153. The van der Waals surface area contributed by atoms with Crippen molar-refractivity contribution in [3.8, 4) is 0 Å². The Morgan fingerprint density at radius 3 is 2.40 bits per heavy atom. The maximum absolute atomic E-state index is 11.9. The SMILES string of the molecule is COC(=O)[C@@H]1N=NN(Cc2ccccc2)[C@H]1C(=O)OC. The molecule has 0 N–H and O–H groups in total. The fourth-order valence-corrected chi connectivity index (χ4v) is 1.97. The number of hydrogen-bond acceptors (Lipinski definition) is 7. The maximum Gasteiger partial charge on any atom is 0.335 e. The number of carbonyl (C=O) groups is 2. The minimum absolute atomic E-state index is 0.359. The van der Waals surface area contributed by atoms with Crippen LogP contribution in [0.3, 0.4) is 0 Å². The molecule has 20 heavy (non-hydrogen) atoms.